The largest absolute Gasteiger partial charge is 0.362 e. The monoisotopic (exact) mass is 210 g/mol. The SMILES string of the molecule is C#CCNC(=O)CN1C(=O)COCC1=O. The molecule has 6 nitrogen and oxygen atoms in total. The van der Waals surface area contributed by atoms with Gasteiger partial charge in [0.2, 0.25) is 5.91 Å². The summed E-state index contributed by atoms with van der Waals surface area (Å²) in [4.78, 5) is 34.4. The van der Waals surface area contributed by atoms with Crippen molar-refractivity contribution in [3.8, 4) is 12.3 Å². The third kappa shape index (κ3) is 3.07. The predicted octanol–water partition coefficient (Wildman–Crippen LogP) is -1.88. The fourth-order valence-electron chi connectivity index (χ4n) is 1.05. The molecule has 1 heterocycles. The van der Waals surface area contributed by atoms with Crippen LogP contribution in [0.15, 0.2) is 0 Å². The van der Waals surface area contributed by atoms with Crippen LogP contribution in [0.2, 0.25) is 0 Å². The van der Waals surface area contributed by atoms with Crippen LogP contribution in [0.4, 0.5) is 0 Å². The number of nitrogens with one attached hydrogen (secondary N) is 1. The van der Waals surface area contributed by atoms with E-state index in [2.05, 4.69) is 16.0 Å². The lowest BCUT2D eigenvalue weighted by Crippen LogP contribution is -2.50. The number of hydrogen-bond acceptors (Lipinski definition) is 4. The molecule has 1 N–H and O–H groups in total. The first-order valence-electron chi connectivity index (χ1n) is 4.26. The lowest BCUT2D eigenvalue weighted by molar-refractivity contribution is -0.160. The highest BCUT2D eigenvalue weighted by Crippen LogP contribution is 1.99. The number of carbonyl (C=O) groups excluding carboxylic acids is 3. The van der Waals surface area contributed by atoms with Crippen molar-refractivity contribution in [1.82, 2.24) is 10.2 Å². The number of ether oxygens (including phenoxy) is 1. The highest BCUT2D eigenvalue weighted by molar-refractivity contribution is 6.01. The number of rotatable bonds is 3. The molecule has 1 saturated heterocycles. The Bertz CT molecular complexity index is 315. The molecule has 1 aliphatic heterocycles. The van der Waals surface area contributed by atoms with E-state index < -0.39 is 17.7 Å². The molecule has 0 aromatic carbocycles. The van der Waals surface area contributed by atoms with Gasteiger partial charge in [-0.3, -0.25) is 19.3 Å². The Labute approximate surface area is 86.6 Å². The summed E-state index contributed by atoms with van der Waals surface area (Å²) in [5.41, 5.74) is 0. The Morgan fingerprint density at radius 1 is 1.47 bits per heavy atom. The van der Waals surface area contributed by atoms with Crippen LogP contribution in [-0.2, 0) is 19.1 Å². The second kappa shape index (κ2) is 5.12. The number of terminal acetylenes is 1. The Morgan fingerprint density at radius 2 is 2.07 bits per heavy atom. The quantitative estimate of drug-likeness (QED) is 0.437. The number of morpholine rings is 1. The molecule has 0 unspecified atom stereocenters. The first kappa shape index (κ1) is 11.2. The number of imide groups is 1. The minimum absolute atomic E-state index is 0.0750. The molecule has 6 heteroatoms. The van der Waals surface area contributed by atoms with Crippen LogP contribution < -0.4 is 5.32 Å². The Hall–Kier alpha value is -1.87. The van der Waals surface area contributed by atoms with Gasteiger partial charge in [0.15, 0.2) is 0 Å². The molecule has 1 rings (SSSR count). The van der Waals surface area contributed by atoms with Crippen molar-refractivity contribution < 1.29 is 19.1 Å². The van der Waals surface area contributed by atoms with Crippen LogP contribution >= 0.6 is 0 Å². The van der Waals surface area contributed by atoms with E-state index in [1.807, 2.05) is 0 Å². The van der Waals surface area contributed by atoms with Gasteiger partial charge in [0.25, 0.3) is 11.8 Å². The molecular weight excluding hydrogens is 200 g/mol. The van der Waals surface area contributed by atoms with E-state index >= 15 is 0 Å². The van der Waals surface area contributed by atoms with Crippen molar-refractivity contribution in [2.24, 2.45) is 0 Å². The van der Waals surface area contributed by atoms with E-state index in [0.717, 1.165) is 4.90 Å². The summed E-state index contributed by atoms with van der Waals surface area (Å²) >= 11 is 0. The third-order valence-corrected chi connectivity index (χ3v) is 1.74. The van der Waals surface area contributed by atoms with Gasteiger partial charge in [-0.25, -0.2) is 0 Å². The van der Waals surface area contributed by atoms with E-state index in [-0.39, 0.29) is 26.3 Å². The molecule has 0 bridgehead atoms. The second-order valence-corrected chi connectivity index (χ2v) is 2.85. The average Bonchev–Trinajstić information content (AvgIpc) is 2.21. The minimum Gasteiger partial charge on any atom is -0.362 e. The molecule has 15 heavy (non-hydrogen) atoms. The highest BCUT2D eigenvalue weighted by atomic mass is 16.5. The maximum absolute atomic E-state index is 11.2. The van der Waals surface area contributed by atoms with Gasteiger partial charge in [0, 0.05) is 0 Å². The maximum Gasteiger partial charge on any atom is 0.255 e. The van der Waals surface area contributed by atoms with Crippen LogP contribution in [0.25, 0.3) is 0 Å². The number of carbonyl (C=O) groups is 3. The fourth-order valence-corrected chi connectivity index (χ4v) is 1.05. The summed E-state index contributed by atoms with van der Waals surface area (Å²) in [6, 6.07) is 0. The summed E-state index contributed by atoms with van der Waals surface area (Å²) in [5, 5.41) is 2.36. The summed E-state index contributed by atoms with van der Waals surface area (Å²) in [6.07, 6.45) is 4.93. The lowest BCUT2D eigenvalue weighted by atomic mass is 10.3. The average molecular weight is 210 g/mol. The normalized spacial score (nSPS) is 16.1. The molecule has 0 radical (unpaired) electrons. The third-order valence-electron chi connectivity index (χ3n) is 1.74. The van der Waals surface area contributed by atoms with Crippen molar-refractivity contribution >= 4 is 17.7 Å². The molecule has 0 spiro atoms. The van der Waals surface area contributed by atoms with Gasteiger partial charge in [0.05, 0.1) is 6.54 Å². The van der Waals surface area contributed by atoms with Gasteiger partial charge in [-0.05, 0) is 0 Å². The van der Waals surface area contributed by atoms with Crippen molar-refractivity contribution in [2.75, 3.05) is 26.3 Å². The molecule has 0 aliphatic carbocycles. The molecular formula is C9H10N2O4. The molecule has 0 saturated carbocycles. The first-order valence-corrected chi connectivity index (χ1v) is 4.26. The molecule has 80 valence electrons. The van der Waals surface area contributed by atoms with E-state index in [1.54, 1.807) is 0 Å². The molecule has 1 aliphatic rings. The summed E-state index contributed by atoms with van der Waals surface area (Å²) < 4.78 is 4.68. The standard InChI is InChI=1S/C9H10N2O4/c1-2-3-10-7(12)4-11-8(13)5-15-6-9(11)14/h1H,3-6H2,(H,10,12). The summed E-state index contributed by atoms with van der Waals surface area (Å²) in [7, 11) is 0. The topological polar surface area (TPSA) is 75.7 Å². The van der Waals surface area contributed by atoms with Gasteiger partial charge in [-0.2, -0.15) is 0 Å². The van der Waals surface area contributed by atoms with E-state index in [9.17, 15) is 14.4 Å². The predicted molar refractivity (Wildman–Crippen MR) is 49.4 cm³/mol. The van der Waals surface area contributed by atoms with Gasteiger partial charge < -0.3 is 10.1 Å². The van der Waals surface area contributed by atoms with E-state index in [0.29, 0.717) is 0 Å². The van der Waals surface area contributed by atoms with Crippen LogP contribution in [0, 0.1) is 12.3 Å². The maximum atomic E-state index is 11.2. The smallest absolute Gasteiger partial charge is 0.255 e. The molecule has 3 amide bonds. The van der Waals surface area contributed by atoms with Crippen LogP contribution in [0.5, 0.6) is 0 Å². The zero-order valence-electron chi connectivity index (χ0n) is 7.99. The summed E-state index contributed by atoms with van der Waals surface area (Å²) in [5.74, 6) is 0.728. The van der Waals surface area contributed by atoms with Crippen molar-refractivity contribution in [2.45, 2.75) is 0 Å². The second-order valence-electron chi connectivity index (χ2n) is 2.85. The molecule has 0 atom stereocenters. The molecule has 0 aromatic heterocycles. The molecule has 1 fully saturated rings. The fraction of sp³-hybridized carbons (Fsp3) is 0.444. The first-order chi connectivity index (χ1) is 7.15. The Balaban J connectivity index is 2.48. The van der Waals surface area contributed by atoms with Gasteiger partial charge in [0.1, 0.15) is 19.8 Å². The lowest BCUT2D eigenvalue weighted by Gasteiger charge is -2.23. The van der Waals surface area contributed by atoms with Gasteiger partial charge >= 0.3 is 0 Å². The van der Waals surface area contributed by atoms with Crippen molar-refractivity contribution in [1.29, 1.82) is 0 Å². The van der Waals surface area contributed by atoms with Crippen molar-refractivity contribution in [3.05, 3.63) is 0 Å². The number of nitrogens with zero attached hydrogens (tertiary/aromatic N) is 1. The van der Waals surface area contributed by atoms with E-state index in [1.165, 1.54) is 0 Å². The molecule has 0 aromatic rings. The highest BCUT2D eigenvalue weighted by Gasteiger charge is 2.28. The van der Waals surface area contributed by atoms with Gasteiger partial charge in [-0.15, -0.1) is 6.42 Å². The van der Waals surface area contributed by atoms with Gasteiger partial charge in [-0.1, -0.05) is 5.92 Å². The minimum atomic E-state index is -0.512. The zero-order valence-corrected chi connectivity index (χ0v) is 7.99. The van der Waals surface area contributed by atoms with Crippen LogP contribution in [-0.4, -0.2) is 48.9 Å². The number of hydrogen-bond donors (Lipinski definition) is 1. The van der Waals surface area contributed by atoms with E-state index in [4.69, 9.17) is 6.42 Å². The van der Waals surface area contributed by atoms with Crippen LogP contribution in [0.1, 0.15) is 0 Å². The Morgan fingerprint density at radius 3 is 2.60 bits per heavy atom. The van der Waals surface area contributed by atoms with Crippen molar-refractivity contribution in [3.63, 3.8) is 0 Å². The summed E-state index contributed by atoms with van der Waals surface area (Å²) in [6.45, 7) is -0.573. The Kier molecular flexibility index (Phi) is 3.83. The number of amides is 3. The zero-order chi connectivity index (χ0) is 11.3. The van der Waals surface area contributed by atoms with Crippen LogP contribution in [0.3, 0.4) is 0 Å².